The fraction of sp³-hybridized carbons (Fsp3) is 0.333. The zero-order chi connectivity index (χ0) is 19.9. The molecule has 0 saturated carbocycles. The molecule has 1 aliphatic heterocycles. The summed E-state index contributed by atoms with van der Waals surface area (Å²) < 4.78 is 25.3. The number of benzene rings is 1. The van der Waals surface area contributed by atoms with Crippen LogP contribution >= 0.6 is 0 Å². The monoisotopic (exact) mass is 400 g/mol. The molecule has 1 aliphatic rings. The lowest BCUT2D eigenvalue weighted by atomic mass is 10.1. The van der Waals surface area contributed by atoms with Gasteiger partial charge in [-0.1, -0.05) is 18.2 Å². The smallest absolute Gasteiger partial charge is 0.256 e. The SMILES string of the molecule is Cc1nn(C2CCS(=O)(=O)C2)c(C)c1NC(=O)c1ccccc1-c1ncn[nH]1. The Balaban J connectivity index is 1.63. The van der Waals surface area contributed by atoms with Gasteiger partial charge >= 0.3 is 0 Å². The zero-order valence-corrected chi connectivity index (χ0v) is 16.3. The largest absolute Gasteiger partial charge is 0.319 e. The highest BCUT2D eigenvalue weighted by atomic mass is 32.2. The molecule has 0 aliphatic carbocycles. The fourth-order valence-electron chi connectivity index (χ4n) is 3.57. The second kappa shape index (κ2) is 6.86. The zero-order valence-electron chi connectivity index (χ0n) is 15.5. The molecule has 3 aromatic rings. The molecule has 4 rings (SSSR count). The lowest BCUT2D eigenvalue weighted by molar-refractivity contribution is 0.102. The van der Waals surface area contributed by atoms with E-state index in [0.29, 0.717) is 34.8 Å². The predicted octanol–water partition coefficient (Wildman–Crippen LogP) is 1.90. The summed E-state index contributed by atoms with van der Waals surface area (Å²) in [5, 5.41) is 14.0. The van der Waals surface area contributed by atoms with Crippen molar-refractivity contribution >= 4 is 21.4 Å². The molecule has 1 atom stereocenters. The van der Waals surface area contributed by atoms with Gasteiger partial charge in [0.25, 0.3) is 5.91 Å². The molecule has 3 heterocycles. The highest BCUT2D eigenvalue weighted by Crippen LogP contribution is 2.30. The first-order chi connectivity index (χ1) is 13.4. The van der Waals surface area contributed by atoms with Crippen LogP contribution in [0.2, 0.25) is 0 Å². The van der Waals surface area contributed by atoms with Crippen LogP contribution in [0.15, 0.2) is 30.6 Å². The molecule has 146 valence electrons. The van der Waals surface area contributed by atoms with Crippen molar-refractivity contribution in [1.29, 1.82) is 0 Å². The lowest BCUT2D eigenvalue weighted by Gasteiger charge is -2.12. The Morgan fingerprint density at radius 2 is 2.07 bits per heavy atom. The van der Waals surface area contributed by atoms with Crippen LogP contribution in [0.1, 0.15) is 34.2 Å². The van der Waals surface area contributed by atoms with Crippen LogP contribution in [0.5, 0.6) is 0 Å². The Morgan fingerprint density at radius 3 is 2.75 bits per heavy atom. The number of aromatic amines is 1. The van der Waals surface area contributed by atoms with Crippen molar-refractivity contribution in [2.24, 2.45) is 0 Å². The molecule has 1 saturated heterocycles. The summed E-state index contributed by atoms with van der Waals surface area (Å²) in [5.41, 5.74) is 3.08. The lowest BCUT2D eigenvalue weighted by Crippen LogP contribution is -2.16. The number of H-pyrrole nitrogens is 1. The third-order valence-electron chi connectivity index (χ3n) is 4.96. The summed E-state index contributed by atoms with van der Waals surface area (Å²) in [6.07, 6.45) is 1.92. The predicted molar refractivity (Wildman–Crippen MR) is 104 cm³/mol. The Kier molecular flexibility index (Phi) is 4.50. The minimum absolute atomic E-state index is 0.0800. The van der Waals surface area contributed by atoms with E-state index < -0.39 is 9.84 Å². The average Bonchev–Trinajstić information content (AvgIpc) is 3.38. The number of anilines is 1. The third-order valence-corrected chi connectivity index (χ3v) is 6.71. The number of aromatic nitrogens is 5. The molecular formula is C18H20N6O3S. The topological polar surface area (TPSA) is 123 Å². The van der Waals surface area contributed by atoms with Crippen LogP contribution in [0.4, 0.5) is 5.69 Å². The summed E-state index contributed by atoms with van der Waals surface area (Å²) in [4.78, 5) is 17.1. The van der Waals surface area contributed by atoms with E-state index in [2.05, 4.69) is 25.6 Å². The normalized spacial score (nSPS) is 18.3. The standard InChI is InChI=1S/C18H20N6O3S/c1-11-16(12(2)24(23-11)13-7-8-28(26,27)9-13)21-18(25)15-6-4-3-5-14(15)17-19-10-20-22-17/h3-6,10,13H,7-9H2,1-2H3,(H,21,25)(H,19,20,22). The minimum Gasteiger partial charge on any atom is -0.319 e. The molecule has 28 heavy (non-hydrogen) atoms. The van der Waals surface area contributed by atoms with E-state index in [9.17, 15) is 13.2 Å². The van der Waals surface area contributed by atoms with Crippen LogP contribution in [0, 0.1) is 13.8 Å². The Labute approximate surface area is 162 Å². The molecule has 9 nitrogen and oxygen atoms in total. The molecule has 2 aromatic heterocycles. The Bertz CT molecular complexity index is 1130. The second-order valence-corrected chi connectivity index (χ2v) is 9.11. The summed E-state index contributed by atoms with van der Waals surface area (Å²) in [7, 11) is -3.03. The fourth-order valence-corrected chi connectivity index (χ4v) is 5.26. The van der Waals surface area contributed by atoms with Gasteiger partial charge in [0.05, 0.1) is 40.2 Å². The van der Waals surface area contributed by atoms with Crippen molar-refractivity contribution < 1.29 is 13.2 Å². The molecule has 0 bridgehead atoms. The summed E-state index contributed by atoms with van der Waals surface area (Å²) >= 11 is 0. The van der Waals surface area contributed by atoms with E-state index in [1.54, 1.807) is 29.8 Å². The number of nitrogens with zero attached hydrogens (tertiary/aromatic N) is 4. The van der Waals surface area contributed by atoms with E-state index in [4.69, 9.17) is 0 Å². The van der Waals surface area contributed by atoms with Crippen LogP contribution < -0.4 is 5.32 Å². The van der Waals surface area contributed by atoms with E-state index in [-0.39, 0.29) is 23.5 Å². The maximum atomic E-state index is 13.0. The molecular weight excluding hydrogens is 380 g/mol. The van der Waals surface area contributed by atoms with Gasteiger partial charge in [0, 0.05) is 5.56 Å². The van der Waals surface area contributed by atoms with Gasteiger partial charge in [-0.25, -0.2) is 13.4 Å². The van der Waals surface area contributed by atoms with Gasteiger partial charge in [-0.15, -0.1) is 0 Å². The Morgan fingerprint density at radius 1 is 1.29 bits per heavy atom. The molecule has 0 radical (unpaired) electrons. The van der Waals surface area contributed by atoms with Gasteiger partial charge in [-0.05, 0) is 26.3 Å². The van der Waals surface area contributed by atoms with Crippen LogP contribution in [0.3, 0.4) is 0 Å². The van der Waals surface area contributed by atoms with Crippen LogP contribution in [0.25, 0.3) is 11.4 Å². The van der Waals surface area contributed by atoms with Gasteiger partial charge < -0.3 is 5.32 Å². The number of sulfone groups is 1. The maximum Gasteiger partial charge on any atom is 0.256 e. The number of amides is 1. The molecule has 1 unspecified atom stereocenters. The van der Waals surface area contributed by atoms with Crippen LogP contribution in [-0.2, 0) is 9.84 Å². The third kappa shape index (κ3) is 3.31. The van der Waals surface area contributed by atoms with Gasteiger partial charge in [0.2, 0.25) is 0 Å². The minimum atomic E-state index is -3.03. The highest BCUT2D eigenvalue weighted by molar-refractivity contribution is 7.91. The number of aryl methyl sites for hydroxylation is 1. The quantitative estimate of drug-likeness (QED) is 0.689. The van der Waals surface area contributed by atoms with Crippen molar-refractivity contribution in [3.05, 3.63) is 47.5 Å². The molecule has 1 fully saturated rings. The molecule has 1 amide bonds. The number of rotatable bonds is 4. The van der Waals surface area contributed by atoms with Crippen molar-refractivity contribution in [1.82, 2.24) is 25.0 Å². The molecule has 10 heteroatoms. The van der Waals surface area contributed by atoms with Crippen molar-refractivity contribution in [3.63, 3.8) is 0 Å². The number of hydrogen-bond donors (Lipinski definition) is 2. The maximum absolute atomic E-state index is 13.0. The van der Waals surface area contributed by atoms with E-state index in [1.165, 1.54) is 6.33 Å². The second-order valence-electron chi connectivity index (χ2n) is 6.88. The van der Waals surface area contributed by atoms with Gasteiger partial charge in [0.1, 0.15) is 6.33 Å². The van der Waals surface area contributed by atoms with Gasteiger partial charge in [-0.2, -0.15) is 10.2 Å². The number of carbonyl (C=O) groups is 1. The summed E-state index contributed by atoms with van der Waals surface area (Å²) in [5.74, 6) is 0.460. The van der Waals surface area contributed by atoms with Crippen LogP contribution in [-0.4, -0.2) is 50.8 Å². The average molecular weight is 400 g/mol. The highest BCUT2D eigenvalue weighted by Gasteiger charge is 2.31. The van der Waals surface area contributed by atoms with Gasteiger partial charge in [-0.3, -0.25) is 14.6 Å². The number of nitrogens with one attached hydrogen (secondary N) is 2. The van der Waals surface area contributed by atoms with Crippen molar-refractivity contribution in [2.45, 2.75) is 26.3 Å². The summed E-state index contributed by atoms with van der Waals surface area (Å²) in [6, 6.07) is 6.91. The van der Waals surface area contributed by atoms with E-state index in [0.717, 1.165) is 5.69 Å². The van der Waals surface area contributed by atoms with E-state index >= 15 is 0 Å². The summed E-state index contributed by atoms with van der Waals surface area (Å²) in [6.45, 7) is 3.63. The van der Waals surface area contributed by atoms with Crippen molar-refractivity contribution in [3.8, 4) is 11.4 Å². The first-order valence-electron chi connectivity index (χ1n) is 8.88. The van der Waals surface area contributed by atoms with Crippen molar-refractivity contribution in [2.75, 3.05) is 16.8 Å². The van der Waals surface area contributed by atoms with Gasteiger partial charge in [0.15, 0.2) is 15.7 Å². The van der Waals surface area contributed by atoms with E-state index in [1.807, 2.05) is 13.0 Å². The number of carbonyl (C=O) groups excluding carboxylic acids is 1. The molecule has 2 N–H and O–H groups in total. The molecule has 1 aromatic carbocycles. The first kappa shape index (κ1) is 18.4. The molecule has 0 spiro atoms. The Hall–Kier alpha value is -3.01. The first-order valence-corrected chi connectivity index (χ1v) is 10.7. The number of hydrogen-bond acceptors (Lipinski definition) is 6.